The second kappa shape index (κ2) is 10.2. The van der Waals surface area contributed by atoms with Crippen LogP contribution < -0.4 is 15.4 Å². The molecule has 0 radical (unpaired) electrons. The molecule has 6 nitrogen and oxygen atoms in total. The van der Waals surface area contributed by atoms with Crippen molar-refractivity contribution in [3.63, 3.8) is 0 Å². The van der Waals surface area contributed by atoms with E-state index in [2.05, 4.69) is 11.0 Å². The first-order valence-electron chi connectivity index (χ1n) is 8.77. The molecule has 26 heavy (non-hydrogen) atoms. The number of ether oxygens (including phenoxy) is 2. The molecule has 0 spiro atoms. The van der Waals surface area contributed by atoms with Gasteiger partial charge in [0.1, 0.15) is 5.75 Å². The number of hydrogen-bond acceptors (Lipinski definition) is 5. The van der Waals surface area contributed by atoms with Gasteiger partial charge in [0.05, 0.1) is 17.8 Å². The number of nitrogens with zero attached hydrogens (tertiary/aromatic N) is 2. The van der Waals surface area contributed by atoms with E-state index in [4.69, 9.17) is 15.2 Å². The molecule has 3 rings (SSSR count). The Balaban J connectivity index is 0.00000169. The van der Waals surface area contributed by atoms with Crippen LogP contribution >= 0.6 is 24.8 Å². The summed E-state index contributed by atoms with van der Waals surface area (Å²) in [7, 11) is 0. The van der Waals surface area contributed by atoms with Crippen molar-refractivity contribution in [2.75, 3.05) is 50.9 Å². The third-order valence-electron chi connectivity index (χ3n) is 4.88. The first kappa shape index (κ1) is 22.8. The van der Waals surface area contributed by atoms with Crippen LogP contribution in [0.3, 0.4) is 0 Å². The van der Waals surface area contributed by atoms with Gasteiger partial charge in [-0.25, -0.2) is 0 Å². The maximum atomic E-state index is 12.8. The standard InChI is InChI=1S/C18H27N3O3.2ClH/c1-2-24-16-6-4-3-5-15(16)20-9-11-21(12-10-20)17(22)18(19)7-13-23-14-8-18;;/h3-6H,2,7-14,19H2,1H3;2*1H. The van der Waals surface area contributed by atoms with E-state index in [-0.39, 0.29) is 30.7 Å². The number of hydrogen-bond donors (Lipinski definition) is 1. The van der Waals surface area contributed by atoms with Gasteiger partial charge in [-0.1, -0.05) is 12.1 Å². The van der Waals surface area contributed by atoms with Crippen LogP contribution in [0.2, 0.25) is 0 Å². The fourth-order valence-corrected chi connectivity index (χ4v) is 3.41. The molecule has 0 aliphatic carbocycles. The molecule has 0 saturated carbocycles. The highest BCUT2D eigenvalue weighted by Gasteiger charge is 2.39. The van der Waals surface area contributed by atoms with Crippen molar-refractivity contribution < 1.29 is 14.3 Å². The van der Waals surface area contributed by atoms with Gasteiger partial charge in [0, 0.05) is 39.4 Å². The highest BCUT2D eigenvalue weighted by atomic mass is 35.5. The Morgan fingerprint density at radius 2 is 1.77 bits per heavy atom. The van der Waals surface area contributed by atoms with Crippen LogP contribution in [0.15, 0.2) is 24.3 Å². The van der Waals surface area contributed by atoms with E-state index in [9.17, 15) is 4.79 Å². The SMILES string of the molecule is CCOc1ccccc1N1CCN(C(=O)C2(N)CCOCC2)CC1.Cl.Cl. The third-order valence-corrected chi connectivity index (χ3v) is 4.88. The summed E-state index contributed by atoms with van der Waals surface area (Å²) in [6.07, 6.45) is 1.22. The number of para-hydroxylation sites is 2. The van der Waals surface area contributed by atoms with Crippen molar-refractivity contribution in [1.29, 1.82) is 0 Å². The average molecular weight is 406 g/mol. The van der Waals surface area contributed by atoms with E-state index >= 15 is 0 Å². The number of halogens is 2. The summed E-state index contributed by atoms with van der Waals surface area (Å²) in [5.74, 6) is 0.975. The summed E-state index contributed by atoms with van der Waals surface area (Å²) in [6.45, 7) is 6.76. The van der Waals surface area contributed by atoms with E-state index < -0.39 is 5.54 Å². The van der Waals surface area contributed by atoms with Gasteiger partial charge in [-0.05, 0) is 31.9 Å². The second-order valence-corrected chi connectivity index (χ2v) is 6.45. The molecule has 1 aromatic rings. The number of carbonyl (C=O) groups excluding carboxylic acids is 1. The van der Waals surface area contributed by atoms with Crippen LogP contribution in [0.1, 0.15) is 19.8 Å². The van der Waals surface area contributed by atoms with Gasteiger partial charge in [0.25, 0.3) is 0 Å². The summed E-state index contributed by atoms with van der Waals surface area (Å²) in [5, 5.41) is 0. The van der Waals surface area contributed by atoms with Crippen molar-refractivity contribution >= 4 is 36.4 Å². The number of benzene rings is 1. The lowest BCUT2D eigenvalue weighted by atomic mass is 9.89. The normalized spacial score (nSPS) is 19.2. The number of nitrogens with two attached hydrogens (primary N) is 1. The molecule has 2 heterocycles. The van der Waals surface area contributed by atoms with Crippen LogP contribution in [-0.2, 0) is 9.53 Å². The Bertz CT molecular complexity index is 575. The zero-order chi connectivity index (χ0) is 17.0. The molecule has 148 valence electrons. The Morgan fingerprint density at radius 3 is 2.38 bits per heavy atom. The predicted octanol–water partition coefficient (Wildman–Crippen LogP) is 2.09. The van der Waals surface area contributed by atoms with Gasteiger partial charge in [0.2, 0.25) is 5.91 Å². The largest absolute Gasteiger partial charge is 0.492 e. The molecule has 0 bridgehead atoms. The zero-order valence-electron chi connectivity index (χ0n) is 15.2. The Morgan fingerprint density at radius 1 is 1.15 bits per heavy atom. The quantitative estimate of drug-likeness (QED) is 0.830. The van der Waals surface area contributed by atoms with Gasteiger partial charge >= 0.3 is 0 Å². The summed E-state index contributed by atoms with van der Waals surface area (Å²) in [5.41, 5.74) is 6.69. The number of anilines is 1. The van der Waals surface area contributed by atoms with Crippen LogP contribution in [0.25, 0.3) is 0 Å². The summed E-state index contributed by atoms with van der Waals surface area (Å²) >= 11 is 0. The van der Waals surface area contributed by atoms with E-state index in [1.807, 2.05) is 30.0 Å². The molecule has 0 atom stereocenters. The maximum absolute atomic E-state index is 12.8. The monoisotopic (exact) mass is 405 g/mol. The number of carbonyl (C=O) groups is 1. The molecule has 2 aliphatic rings. The predicted molar refractivity (Wildman–Crippen MR) is 108 cm³/mol. The van der Waals surface area contributed by atoms with Gasteiger partial charge in [-0.2, -0.15) is 0 Å². The highest BCUT2D eigenvalue weighted by molar-refractivity contribution is 5.86. The Kier molecular flexibility index (Phi) is 8.96. The van der Waals surface area contributed by atoms with Gasteiger partial charge in [-0.3, -0.25) is 4.79 Å². The molecular weight excluding hydrogens is 377 g/mol. The van der Waals surface area contributed by atoms with Crippen molar-refractivity contribution in [2.45, 2.75) is 25.3 Å². The van der Waals surface area contributed by atoms with Crippen molar-refractivity contribution in [1.82, 2.24) is 4.90 Å². The fraction of sp³-hybridized carbons (Fsp3) is 0.611. The molecule has 2 fully saturated rings. The molecule has 1 amide bonds. The van der Waals surface area contributed by atoms with E-state index in [1.165, 1.54) is 0 Å². The van der Waals surface area contributed by atoms with Crippen molar-refractivity contribution in [3.05, 3.63) is 24.3 Å². The lowest BCUT2D eigenvalue weighted by Gasteiger charge is -2.41. The minimum Gasteiger partial charge on any atom is -0.492 e. The smallest absolute Gasteiger partial charge is 0.242 e. The number of piperazine rings is 1. The van der Waals surface area contributed by atoms with Crippen molar-refractivity contribution in [3.8, 4) is 5.75 Å². The van der Waals surface area contributed by atoms with E-state index in [1.54, 1.807) is 0 Å². The summed E-state index contributed by atoms with van der Waals surface area (Å²) in [4.78, 5) is 17.0. The van der Waals surface area contributed by atoms with Gasteiger partial charge < -0.3 is 25.0 Å². The second-order valence-electron chi connectivity index (χ2n) is 6.45. The van der Waals surface area contributed by atoms with Crippen LogP contribution in [0.5, 0.6) is 5.75 Å². The topological polar surface area (TPSA) is 68.0 Å². The van der Waals surface area contributed by atoms with Crippen molar-refractivity contribution in [2.24, 2.45) is 5.73 Å². The summed E-state index contributed by atoms with van der Waals surface area (Å²) in [6, 6.07) is 8.07. The number of rotatable bonds is 4. The Hall–Kier alpha value is -1.21. The fourth-order valence-electron chi connectivity index (χ4n) is 3.41. The minimum absolute atomic E-state index is 0. The first-order valence-corrected chi connectivity index (χ1v) is 8.77. The molecule has 2 aliphatic heterocycles. The van der Waals surface area contributed by atoms with Crippen LogP contribution in [-0.4, -0.2) is 62.3 Å². The number of amides is 1. The van der Waals surface area contributed by atoms with E-state index in [0.29, 0.717) is 45.8 Å². The van der Waals surface area contributed by atoms with Gasteiger partial charge in [0.15, 0.2) is 0 Å². The van der Waals surface area contributed by atoms with Gasteiger partial charge in [-0.15, -0.1) is 24.8 Å². The molecule has 2 N–H and O–H groups in total. The molecule has 0 unspecified atom stereocenters. The first-order chi connectivity index (χ1) is 11.6. The lowest BCUT2D eigenvalue weighted by Crippen LogP contribution is -2.61. The average Bonchev–Trinajstić information content (AvgIpc) is 2.63. The molecular formula is C18H29Cl2N3O3. The maximum Gasteiger partial charge on any atom is 0.242 e. The minimum atomic E-state index is -0.746. The zero-order valence-corrected chi connectivity index (χ0v) is 16.8. The molecule has 8 heteroatoms. The molecule has 0 aromatic heterocycles. The Labute approximate surface area is 167 Å². The molecule has 1 aromatic carbocycles. The van der Waals surface area contributed by atoms with Crippen LogP contribution in [0.4, 0.5) is 5.69 Å². The third kappa shape index (κ3) is 4.94. The highest BCUT2D eigenvalue weighted by Crippen LogP contribution is 2.29. The van der Waals surface area contributed by atoms with E-state index in [0.717, 1.165) is 24.5 Å². The summed E-state index contributed by atoms with van der Waals surface area (Å²) < 4.78 is 11.1. The lowest BCUT2D eigenvalue weighted by molar-refractivity contribution is -0.140. The molecule has 2 saturated heterocycles. The van der Waals surface area contributed by atoms with Crippen LogP contribution in [0, 0.1) is 0 Å².